The van der Waals surface area contributed by atoms with Gasteiger partial charge in [0.2, 0.25) is 0 Å². The molecule has 7 heteroatoms. The van der Waals surface area contributed by atoms with Gasteiger partial charge in [0, 0.05) is 5.56 Å². The van der Waals surface area contributed by atoms with E-state index in [1.807, 2.05) is 0 Å². The predicted octanol–water partition coefficient (Wildman–Crippen LogP) is 2.37. The molecule has 2 aromatic rings. The van der Waals surface area contributed by atoms with Crippen LogP contribution in [0.5, 0.6) is 0 Å². The second-order valence-corrected chi connectivity index (χ2v) is 4.19. The Morgan fingerprint density at radius 2 is 2.06 bits per heavy atom. The fourth-order valence-corrected chi connectivity index (χ4v) is 2.01. The molecule has 4 nitrogen and oxygen atoms in total. The first-order chi connectivity index (χ1) is 7.99. The van der Waals surface area contributed by atoms with Crippen molar-refractivity contribution in [2.75, 3.05) is 5.73 Å². The number of nitrogens with two attached hydrogens (primary N) is 1. The molecule has 0 bridgehead atoms. The molecule has 0 saturated heterocycles. The molecule has 1 heterocycles. The first-order valence-electron chi connectivity index (χ1n) is 4.44. The summed E-state index contributed by atoms with van der Waals surface area (Å²) in [5, 5.41) is 8.97. The molecule has 2 rings (SSSR count). The van der Waals surface area contributed by atoms with Gasteiger partial charge in [-0.15, -0.1) is 0 Å². The number of carboxylic acid groups (broad SMARTS) is 1. The highest BCUT2D eigenvalue weighted by atomic mass is 32.1. The molecule has 0 amide bonds. The van der Waals surface area contributed by atoms with Crippen LogP contribution in [0, 0.1) is 11.6 Å². The Morgan fingerprint density at radius 3 is 2.65 bits per heavy atom. The van der Waals surface area contributed by atoms with Gasteiger partial charge < -0.3 is 10.8 Å². The van der Waals surface area contributed by atoms with Gasteiger partial charge in [0.05, 0.1) is 5.69 Å². The third kappa shape index (κ3) is 2.09. The first kappa shape index (κ1) is 11.5. The maximum Gasteiger partial charge on any atom is 0.348 e. The Bertz CT molecular complexity index is 598. The number of nitrogen functional groups attached to an aromatic ring is 1. The van der Waals surface area contributed by atoms with Crippen molar-refractivity contribution in [3.8, 4) is 11.3 Å². The van der Waals surface area contributed by atoms with Crippen molar-refractivity contribution in [1.29, 1.82) is 0 Å². The van der Waals surface area contributed by atoms with Gasteiger partial charge in [0.25, 0.3) is 0 Å². The number of nitrogens with zero attached hydrogens (tertiary/aromatic N) is 1. The molecule has 17 heavy (non-hydrogen) atoms. The lowest BCUT2D eigenvalue weighted by molar-refractivity contribution is 0.0702. The highest BCUT2D eigenvalue weighted by molar-refractivity contribution is 7.17. The molecule has 1 aromatic carbocycles. The lowest BCUT2D eigenvalue weighted by Gasteiger charge is -1.99. The van der Waals surface area contributed by atoms with E-state index in [4.69, 9.17) is 10.8 Å². The Kier molecular flexibility index (Phi) is 2.76. The van der Waals surface area contributed by atoms with E-state index >= 15 is 0 Å². The molecule has 88 valence electrons. The van der Waals surface area contributed by atoms with Gasteiger partial charge in [0.15, 0.2) is 16.8 Å². The Morgan fingerprint density at radius 1 is 1.35 bits per heavy atom. The van der Waals surface area contributed by atoms with Crippen LogP contribution < -0.4 is 5.73 Å². The number of aromatic nitrogens is 1. The number of thiazole rings is 1. The summed E-state index contributed by atoms with van der Waals surface area (Å²) in [5.74, 6) is -3.28. The lowest BCUT2D eigenvalue weighted by atomic mass is 10.1. The standard InChI is InChI=1S/C10H6F2N2O2S/c11-5-2-1-4(3-6(5)12)7-8(9(15)16)17-10(13)14-7/h1-3H,(H2,13,14)(H,15,16). The minimum Gasteiger partial charge on any atom is -0.477 e. The zero-order valence-corrected chi connectivity index (χ0v) is 9.09. The molecular formula is C10H6F2N2O2S. The van der Waals surface area contributed by atoms with Crippen LogP contribution in [0.3, 0.4) is 0 Å². The maximum atomic E-state index is 13.0. The number of rotatable bonds is 2. The SMILES string of the molecule is Nc1nc(-c2ccc(F)c(F)c2)c(C(=O)O)s1. The molecular weight excluding hydrogens is 250 g/mol. The molecule has 3 N–H and O–H groups in total. The Hall–Kier alpha value is -2.02. The summed E-state index contributed by atoms with van der Waals surface area (Å²) in [6.45, 7) is 0. The average molecular weight is 256 g/mol. The summed E-state index contributed by atoms with van der Waals surface area (Å²) in [7, 11) is 0. The number of hydrogen-bond donors (Lipinski definition) is 2. The van der Waals surface area contributed by atoms with E-state index in [2.05, 4.69) is 4.98 Å². The highest BCUT2D eigenvalue weighted by Gasteiger charge is 2.18. The maximum absolute atomic E-state index is 13.0. The van der Waals surface area contributed by atoms with Crippen LogP contribution in [0.4, 0.5) is 13.9 Å². The second-order valence-electron chi connectivity index (χ2n) is 3.16. The number of carboxylic acids is 1. The normalized spacial score (nSPS) is 10.5. The molecule has 0 spiro atoms. The van der Waals surface area contributed by atoms with Crippen molar-refractivity contribution in [3.63, 3.8) is 0 Å². The fourth-order valence-electron chi connectivity index (χ4n) is 1.32. The van der Waals surface area contributed by atoms with E-state index in [0.29, 0.717) is 0 Å². The van der Waals surface area contributed by atoms with Gasteiger partial charge >= 0.3 is 5.97 Å². The summed E-state index contributed by atoms with van der Waals surface area (Å²) in [4.78, 5) is 14.6. The first-order valence-corrected chi connectivity index (χ1v) is 5.25. The van der Waals surface area contributed by atoms with Crippen molar-refractivity contribution >= 4 is 22.4 Å². The van der Waals surface area contributed by atoms with Crippen LogP contribution in [-0.4, -0.2) is 16.1 Å². The Balaban J connectivity index is 2.59. The van der Waals surface area contributed by atoms with Crippen LogP contribution in [-0.2, 0) is 0 Å². The average Bonchev–Trinajstić information content (AvgIpc) is 2.64. The van der Waals surface area contributed by atoms with Crippen LogP contribution in [0.15, 0.2) is 18.2 Å². The molecule has 0 aliphatic rings. The van der Waals surface area contributed by atoms with Gasteiger partial charge in [0.1, 0.15) is 4.88 Å². The third-order valence-corrected chi connectivity index (χ3v) is 2.90. The van der Waals surface area contributed by atoms with Crippen molar-refractivity contribution < 1.29 is 18.7 Å². The van der Waals surface area contributed by atoms with E-state index < -0.39 is 17.6 Å². The summed E-state index contributed by atoms with van der Waals surface area (Å²) in [5.41, 5.74) is 5.61. The minimum atomic E-state index is -1.21. The predicted molar refractivity (Wildman–Crippen MR) is 58.8 cm³/mol. The largest absolute Gasteiger partial charge is 0.477 e. The van der Waals surface area contributed by atoms with Crippen LogP contribution in [0.2, 0.25) is 0 Å². The van der Waals surface area contributed by atoms with E-state index in [0.717, 1.165) is 23.5 Å². The summed E-state index contributed by atoms with van der Waals surface area (Å²) < 4.78 is 25.8. The van der Waals surface area contributed by atoms with E-state index in [9.17, 15) is 13.6 Å². The summed E-state index contributed by atoms with van der Waals surface area (Å²) in [6.07, 6.45) is 0. The number of aromatic carboxylic acids is 1. The molecule has 0 aliphatic carbocycles. The molecule has 0 fully saturated rings. The monoisotopic (exact) mass is 256 g/mol. The van der Waals surface area contributed by atoms with Crippen LogP contribution in [0.1, 0.15) is 9.67 Å². The van der Waals surface area contributed by atoms with Crippen molar-refractivity contribution in [2.24, 2.45) is 0 Å². The number of benzene rings is 1. The lowest BCUT2D eigenvalue weighted by Crippen LogP contribution is -1.96. The molecule has 1 aromatic heterocycles. The highest BCUT2D eigenvalue weighted by Crippen LogP contribution is 2.30. The molecule has 0 radical (unpaired) electrons. The number of halogens is 2. The molecule has 0 aliphatic heterocycles. The van der Waals surface area contributed by atoms with Crippen LogP contribution >= 0.6 is 11.3 Å². The van der Waals surface area contributed by atoms with Crippen molar-refractivity contribution in [3.05, 3.63) is 34.7 Å². The topological polar surface area (TPSA) is 76.2 Å². The molecule has 0 unspecified atom stereocenters. The van der Waals surface area contributed by atoms with Gasteiger partial charge in [-0.05, 0) is 18.2 Å². The quantitative estimate of drug-likeness (QED) is 0.864. The van der Waals surface area contributed by atoms with Gasteiger partial charge in [-0.2, -0.15) is 0 Å². The molecule has 0 atom stereocenters. The number of anilines is 1. The van der Waals surface area contributed by atoms with Crippen molar-refractivity contribution in [1.82, 2.24) is 4.98 Å². The fraction of sp³-hybridized carbons (Fsp3) is 0. The van der Waals surface area contributed by atoms with E-state index in [1.54, 1.807) is 0 Å². The Labute approximate surface area is 98.3 Å². The van der Waals surface area contributed by atoms with Gasteiger partial charge in [-0.25, -0.2) is 18.6 Å². The number of hydrogen-bond acceptors (Lipinski definition) is 4. The van der Waals surface area contributed by atoms with Gasteiger partial charge in [-0.3, -0.25) is 0 Å². The zero-order chi connectivity index (χ0) is 12.6. The van der Waals surface area contributed by atoms with Crippen LogP contribution in [0.25, 0.3) is 11.3 Å². The smallest absolute Gasteiger partial charge is 0.348 e. The second kappa shape index (κ2) is 4.10. The minimum absolute atomic E-state index is 0.0406. The van der Waals surface area contributed by atoms with E-state index in [-0.39, 0.29) is 21.3 Å². The zero-order valence-electron chi connectivity index (χ0n) is 8.28. The van der Waals surface area contributed by atoms with Crippen molar-refractivity contribution in [2.45, 2.75) is 0 Å². The number of carbonyl (C=O) groups is 1. The summed E-state index contributed by atoms with van der Waals surface area (Å²) >= 11 is 0.778. The van der Waals surface area contributed by atoms with E-state index in [1.165, 1.54) is 6.07 Å². The third-order valence-electron chi connectivity index (χ3n) is 2.03. The molecule has 0 saturated carbocycles. The summed E-state index contributed by atoms with van der Waals surface area (Å²) in [6, 6.07) is 3.04. The van der Waals surface area contributed by atoms with Gasteiger partial charge in [-0.1, -0.05) is 11.3 Å².